The number of carboxylic acid groups (broad SMARTS) is 1. The first kappa shape index (κ1) is 17.6. The van der Waals surface area contributed by atoms with Gasteiger partial charge < -0.3 is 14.6 Å². The zero-order valence-electron chi connectivity index (χ0n) is 12.6. The second kappa shape index (κ2) is 8.71. The van der Waals surface area contributed by atoms with Crippen molar-refractivity contribution in [1.29, 1.82) is 0 Å². The molecule has 1 atom stereocenters. The summed E-state index contributed by atoms with van der Waals surface area (Å²) < 4.78 is 23.6. The summed E-state index contributed by atoms with van der Waals surface area (Å²) in [6.45, 7) is 3.91. The summed E-state index contributed by atoms with van der Waals surface area (Å²) in [6.07, 6.45) is 0. The Morgan fingerprint density at radius 1 is 1.38 bits per heavy atom. The number of aromatic carboxylic acids is 1. The molecule has 0 heterocycles. The molecular weight excluding hydrogens is 277 g/mol. The molecule has 0 saturated carbocycles. The van der Waals surface area contributed by atoms with Gasteiger partial charge in [-0.3, -0.25) is 4.90 Å². The maximum Gasteiger partial charge on any atom is 0.336 e. The SMILES string of the molecule is COCCN(Cc1cc(F)ccc1C(=O)O)C(C)COC. The van der Waals surface area contributed by atoms with Crippen LogP contribution in [0.4, 0.5) is 4.39 Å². The summed E-state index contributed by atoms with van der Waals surface area (Å²) in [5.74, 6) is -1.50. The van der Waals surface area contributed by atoms with Crippen LogP contribution < -0.4 is 0 Å². The normalized spacial score (nSPS) is 12.6. The fraction of sp³-hybridized carbons (Fsp3) is 0.533. The minimum absolute atomic E-state index is 0.0649. The van der Waals surface area contributed by atoms with Crippen LogP contribution in [0, 0.1) is 5.82 Å². The van der Waals surface area contributed by atoms with Crippen molar-refractivity contribution in [3.8, 4) is 0 Å². The van der Waals surface area contributed by atoms with Gasteiger partial charge in [0.2, 0.25) is 0 Å². The molecule has 1 rings (SSSR count). The molecule has 1 unspecified atom stereocenters. The highest BCUT2D eigenvalue weighted by Gasteiger charge is 2.18. The lowest BCUT2D eigenvalue weighted by Crippen LogP contribution is -2.38. The number of rotatable bonds is 9. The van der Waals surface area contributed by atoms with Crippen LogP contribution in [0.25, 0.3) is 0 Å². The minimum Gasteiger partial charge on any atom is -0.478 e. The van der Waals surface area contributed by atoms with Crippen molar-refractivity contribution in [3.05, 3.63) is 35.1 Å². The standard InChI is InChI=1S/C15H22FNO4/c1-11(10-21-3)17(6-7-20-2)9-12-8-13(16)4-5-14(12)15(18)19/h4-5,8,11H,6-7,9-10H2,1-3H3,(H,18,19). The van der Waals surface area contributed by atoms with Crippen molar-refractivity contribution in [1.82, 2.24) is 4.90 Å². The molecule has 6 heteroatoms. The van der Waals surface area contributed by atoms with Crippen LogP contribution >= 0.6 is 0 Å². The summed E-state index contributed by atoms with van der Waals surface area (Å²) in [5, 5.41) is 9.20. The zero-order valence-corrected chi connectivity index (χ0v) is 12.6. The van der Waals surface area contributed by atoms with E-state index in [-0.39, 0.29) is 11.6 Å². The molecule has 1 aromatic carbocycles. The molecule has 0 aliphatic heterocycles. The fourth-order valence-corrected chi connectivity index (χ4v) is 2.13. The van der Waals surface area contributed by atoms with Crippen LogP contribution in [0.3, 0.4) is 0 Å². The van der Waals surface area contributed by atoms with Crippen LogP contribution in [-0.2, 0) is 16.0 Å². The first-order chi connectivity index (χ1) is 9.99. The molecule has 0 radical (unpaired) electrons. The third-order valence-electron chi connectivity index (χ3n) is 3.28. The number of carbonyl (C=O) groups is 1. The van der Waals surface area contributed by atoms with E-state index in [4.69, 9.17) is 9.47 Å². The van der Waals surface area contributed by atoms with Crippen molar-refractivity contribution < 1.29 is 23.8 Å². The lowest BCUT2D eigenvalue weighted by molar-refractivity contribution is 0.0663. The number of halogens is 1. The van der Waals surface area contributed by atoms with Crippen LogP contribution in [0.2, 0.25) is 0 Å². The third kappa shape index (κ3) is 5.41. The molecule has 0 amide bonds. The Labute approximate surface area is 124 Å². The monoisotopic (exact) mass is 299 g/mol. The first-order valence-electron chi connectivity index (χ1n) is 6.73. The molecule has 5 nitrogen and oxygen atoms in total. The van der Waals surface area contributed by atoms with E-state index in [1.54, 1.807) is 14.2 Å². The second-order valence-corrected chi connectivity index (χ2v) is 4.87. The summed E-state index contributed by atoms with van der Waals surface area (Å²) in [5.41, 5.74) is 0.560. The summed E-state index contributed by atoms with van der Waals surface area (Å²) in [4.78, 5) is 13.2. The van der Waals surface area contributed by atoms with Gasteiger partial charge in [-0.2, -0.15) is 0 Å². The van der Waals surface area contributed by atoms with Gasteiger partial charge in [0.15, 0.2) is 0 Å². The largest absolute Gasteiger partial charge is 0.478 e. The molecule has 21 heavy (non-hydrogen) atoms. The van der Waals surface area contributed by atoms with Gasteiger partial charge in [0.1, 0.15) is 5.82 Å². The predicted octanol–water partition coefficient (Wildman–Crippen LogP) is 2.01. The van der Waals surface area contributed by atoms with Gasteiger partial charge in [-0.15, -0.1) is 0 Å². The Balaban J connectivity index is 2.95. The van der Waals surface area contributed by atoms with Crippen molar-refractivity contribution in [2.24, 2.45) is 0 Å². The van der Waals surface area contributed by atoms with Gasteiger partial charge >= 0.3 is 5.97 Å². The lowest BCUT2D eigenvalue weighted by Gasteiger charge is -2.29. The molecule has 1 N–H and O–H groups in total. The average Bonchev–Trinajstić information content (AvgIpc) is 2.43. The van der Waals surface area contributed by atoms with Crippen LogP contribution in [-0.4, -0.2) is 56.0 Å². The Hall–Kier alpha value is -1.50. The topological polar surface area (TPSA) is 59.0 Å². The molecule has 0 aliphatic carbocycles. The van der Waals surface area contributed by atoms with E-state index in [0.29, 0.717) is 31.9 Å². The number of hydrogen-bond acceptors (Lipinski definition) is 4. The molecular formula is C15H22FNO4. The number of ether oxygens (including phenoxy) is 2. The molecule has 0 saturated heterocycles. The van der Waals surface area contributed by atoms with E-state index in [1.165, 1.54) is 12.1 Å². The third-order valence-corrected chi connectivity index (χ3v) is 3.28. The Kier molecular flexibility index (Phi) is 7.28. The maximum absolute atomic E-state index is 13.4. The summed E-state index contributed by atoms with van der Waals surface area (Å²) >= 11 is 0. The van der Waals surface area contributed by atoms with Crippen LogP contribution in [0.15, 0.2) is 18.2 Å². The highest BCUT2D eigenvalue weighted by atomic mass is 19.1. The lowest BCUT2D eigenvalue weighted by atomic mass is 10.1. The van der Waals surface area contributed by atoms with E-state index < -0.39 is 11.8 Å². The van der Waals surface area contributed by atoms with Gasteiger partial charge in [-0.25, -0.2) is 9.18 Å². The predicted molar refractivity (Wildman–Crippen MR) is 77.0 cm³/mol. The Morgan fingerprint density at radius 3 is 2.67 bits per heavy atom. The van der Waals surface area contributed by atoms with Gasteiger partial charge in [-0.1, -0.05) is 0 Å². The van der Waals surface area contributed by atoms with E-state index in [2.05, 4.69) is 0 Å². The number of hydrogen-bond donors (Lipinski definition) is 1. The Morgan fingerprint density at radius 2 is 2.10 bits per heavy atom. The smallest absolute Gasteiger partial charge is 0.336 e. The summed E-state index contributed by atoms with van der Waals surface area (Å²) in [7, 11) is 3.21. The maximum atomic E-state index is 13.4. The van der Waals surface area contributed by atoms with E-state index in [1.807, 2.05) is 11.8 Å². The zero-order chi connectivity index (χ0) is 15.8. The van der Waals surface area contributed by atoms with Gasteiger partial charge in [-0.05, 0) is 30.7 Å². The Bertz CT molecular complexity index is 467. The highest BCUT2D eigenvalue weighted by Crippen LogP contribution is 2.16. The van der Waals surface area contributed by atoms with Gasteiger partial charge in [0.25, 0.3) is 0 Å². The molecule has 0 aliphatic rings. The van der Waals surface area contributed by atoms with Gasteiger partial charge in [0.05, 0.1) is 18.8 Å². The van der Waals surface area contributed by atoms with Crippen molar-refractivity contribution in [2.75, 3.05) is 34.0 Å². The number of methoxy groups -OCH3 is 2. The first-order valence-corrected chi connectivity index (χ1v) is 6.73. The van der Waals surface area contributed by atoms with Crippen molar-refractivity contribution in [2.45, 2.75) is 19.5 Å². The molecule has 0 spiro atoms. The summed E-state index contributed by atoms with van der Waals surface area (Å²) in [6, 6.07) is 3.78. The number of benzene rings is 1. The highest BCUT2D eigenvalue weighted by molar-refractivity contribution is 5.89. The number of carboxylic acids is 1. The molecule has 1 aromatic rings. The van der Waals surface area contributed by atoms with E-state index in [9.17, 15) is 14.3 Å². The van der Waals surface area contributed by atoms with Crippen LogP contribution in [0.1, 0.15) is 22.8 Å². The average molecular weight is 299 g/mol. The van der Waals surface area contributed by atoms with Gasteiger partial charge in [0, 0.05) is 33.4 Å². The van der Waals surface area contributed by atoms with E-state index >= 15 is 0 Å². The minimum atomic E-state index is -1.06. The second-order valence-electron chi connectivity index (χ2n) is 4.87. The van der Waals surface area contributed by atoms with Crippen molar-refractivity contribution in [3.63, 3.8) is 0 Å². The quantitative estimate of drug-likeness (QED) is 0.756. The molecule has 118 valence electrons. The van der Waals surface area contributed by atoms with Crippen molar-refractivity contribution >= 4 is 5.97 Å². The molecule has 0 bridgehead atoms. The number of nitrogens with zero attached hydrogens (tertiary/aromatic N) is 1. The van der Waals surface area contributed by atoms with E-state index in [0.717, 1.165) is 6.07 Å². The fourth-order valence-electron chi connectivity index (χ4n) is 2.13. The van der Waals surface area contributed by atoms with Crippen LogP contribution in [0.5, 0.6) is 0 Å². The molecule has 0 fully saturated rings. The molecule has 0 aromatic heterocycles.